The molecule has 8 nitrogen and oxygen atoms in total. The summed E-state index contributed by atoms with van der Waals surface area (Å²) in [4.78, 5) is 50.2. The number of thiophene rings is 1. The van der Waals surface area contributed by atoms with Gasteiger partial charge in [-0.25, -0.2) is 14.4 Å². The number of likely N-dealkylation sites (tertiary alicyclic amines) is 1. The minimum atomic E-state index is -0.932. The number of carbonyl (C=O) groups is 3. The first-order valence-electron chi connectivity index (χ1n) is 17.0. The zero-order chi connectivity index (χ0) is 34.8. The second-order valence-electron chi connectivity index (χ2n) is 13.1. The number of hydrogen-bond acceptors (Lipinski definition) is 6. The third-order valence-electron chi connectivity index (χ3n) is 9.39. The van der Waals surface area contributed by atoms with Crippen LogP contribution in [0.3, 0.4) is 0 Å². The second kappa shape index (κ2) is 14.3. The molecule has 1 atom stereocenters. The Bertz CT molecular complexity index is 2020. The van der Waals surface area contributed by atoms with Gasteiger partial charge in [-0.3, -0.25) is 14.4 Å². The van der Waals surface area contributed by atoms with E-state index in [4.69, 9.17) is 0 Å². The fraction of sp³-hybridized carbons (Fsp3) is 0.275. The number of nitrogens with one attached hydrogen (secondary N) is 1. The van der Waals surface area contributed by atoms with Gasteiger partial charge in [0.25, 0.3) is 5.91 Å². The number of amides is 2. The zero-order valence-corrected chi connectivity index (χ0v) is 28.5. The SMILES string of the molecule is CCCc1ccc(-c2ccc(-c3cnc(-c4ccc(C[C@H](NC(=O)c5ccc(C6CC6)s5)C(=O)N5CC(C(=O)O)C5)cc4)nc3)c(F)c2)cc1. The van der Waals surface area contributed by atoms with Crippen molar-refractivity contribution in [3.63, 3.8) is 0 Å². The number of carboxylic acid groups (broad SMARTS) is 1. The van der Waals surface area contributed by atoms with Gasteiger partial charge in [0.2, 0.25) is 5.91 Å². The number of benzene rings is 3. The predicted molar refractivity (Wildman–Crippen MR) is 191 cm³/mol. The van der Waals surface area contributed by atoms with Crippen LogP contribution in [0.4, 0.5) is 4.39 Å². The normalized spacial score (nSPS) is 15.0. The quantitative estimate of drug-likeness (QED) is 0.141. The first-order valence-corrected chi connectivity index (χ1v) is 17.8. The Hall–Kier alpha value is -5.22. The van der Waals surface area contributed by atoms with Crippen LogP contribution in [0, 0.1) is 11.7 Å². The highest BCUT2D eigenvalue weighted by Crippen LogP contribution is 2.43. The highest BCUT2D eigenvalue weighted by atomic mass is 32.1. The lowest BCUT2D eigenvalue weighted by Crippen LogP contribution is -2.59. The molecule has 1 aliphatic carbocycles. The molecule has 1 aliphatic heterocycles. The van der Waals surface area contributed by atoms with Crippen molar-refractivity contribution in [1.29, 1.82) is 0 Å². The Morgan fingerprint density at radius 2 is 1.54 bits per heavy atom. The Balaban J connectivity index is 1.03. The van der Waals surface area contributed by atoms with Gasteiger partial charge in [-0.05, 0) is 65.6 Å². The van der Waals surface area contributed by atoms with E-state index in [9.17, 15) is 19.5 Å². The van der Waals surface area contributed by atoms with Gasteiger partial charge in [0, 0.05) is 53.5 Å². The van der Waals surface area contributed by atoms with Crippen LogP contribution in [0.15, 0.2) is 91.3 Å². The molecule has 5 aromatic rings. The van der Waals surface area contributed by atoms with Gasteiger partial charge in [-0.15, -0.1) is 11.3 Å². The smallest absolute Gasteiger partial charge is 0.310 e. The molecule has 0 radical (unpaired) electrons. The monoisotopic (exact) mass is 688 g/mol. The Morgan fingerprint density at radius 1 is 0.880 bits per heavy atom. The number of carbonyl (C=O) groups excluding carboxylic acids is 2. The Labute approximate surface area is 294 Å². The molecule has 50 heavy (non-hydrogen) atoms. The van der Waals surface area contributed by atoms with E-state index in [0.717, 1.165) is 47.9 Å². The van der Waals surface area contributed by atoms with Crippen LogP contribution >= 0.6 is 11.3 Å². The number of hydrogen-bond donors (Lipinski definition) is 2. The van der Waals surface area contributed by atoms with E-state index in [-0.39, 0.29) is 37.1 Å². The predicted octanol–water partition coefficient (Wildman–Crippen LogP) is 7.39. The van der Waals surface area contributed by atoms with Crippen LogP contribution in [0.1, 0.15) is 57.8 Å². The highest BCUT2D eigenvalue weighted by molar-refractivity contribution is 7.14. The molecule has 0 unspecified atom stereocenters. The Kier molecular flexibility index (Phi) is 9.54. The van der Waals surface area contributed by atoms with Crippen LogP contribution in [0.25, 0.3) is 33.6 Å². The average Bonchev–Trinajstić information content (AvgIpc) is 3.83. The van der Waals surface area contributed by atoms with Crippen molar-refractivity contribution in [1.82, 2.24) is 20.2 Å². The Morgan fingerprint density at radius 3 is 2.18 bits per heavy atom. The molecule has 0 spiro atoms. The molecule has 2 aliphatic rings. The van der Waals surface area contributed by atoms with Crippen molar-refractivity contribution in [2.75, 3.05) is 13.1 Å². The van der Waals surface area contributed by atoms with E-state index in [1.165, 1.54) is 32.7 Å². The van der Waals surface area contributed by atoms with Gasteiger partial charge in [0.1, 0.15) is 11.9 Å². The van der Waals surface area contributed by atoms with Gasteiger partial charge in [-0.2, -0.15) is 0 Å². The maximum atomic E-state index is 15.3. The van der Waals surface area contributed by atoms with E-state index in [0.29, 0.717) is 27.7 Å². The number of aliphatic carboxylic acids is 1. The van der Waals surface area contributed by atoms with Crippen molar-refractivity contribution >= 4 is 29.1 Å². The van der Waals surface area contributed by atoms with Gasteiger partial charge in [0.05, 0.1) is 10.8 Å². The maximum Gasteiger partial charge on any atom is 0.310 e. The summed E-state index contributed by atoms with van der Waals surface area (Å²) in [5.74, 6) is -1.50. The van der Waals surface area contributed by atoms with Crippen molar-refractivity contribution in [2.45, 2.75) is 51.0 Å². The summed E-state index contributed by atoms with van der Waals surface area (Å²) in [5, 5.41) is 12.2. The summed E-state index contributed by atoms with van der Waals surface area (Å²) in [6.07, 6.45) is 7.81. The second-order valence-corrected chi connectivity index (χ2v) is 14.2. The molecule has 254 valence electrons. The molecule has 2 amide bonds. The van der Waals surface area contributed by atoms with Crippen molar-refractivity contribution in [2.24, 2.45) is 5.92 Å². The summed E-state index contributed by atoms with van der Waals surface area (Å²) < 4.78 is 15.3. The largest absolute Gasteiger partial charge is 0.481 e. The summed E-state index contributed by atoms with van der Waals surface area (Å²) in [7, 11) is 0. The molecule has 0 bridgehead atoms. The van der Waals surface area contributed by atoms with Crippen molar-refractivity contribution in [3.05, 3.63) is 118 Å². The molecule has 3 heterocycles. The van der Waals surface area contributed by atoms with Crippen LogP contribution in [0.5, 0.6) is 0 Å². The lowest BCUT2D eigenvalue weighted by Gasteiger charge is -2.38. The summed E-state index contributed by atoms with van der Waals surface area (Å²) >= 11 is 1.46. The van der Waals surface area contributed by atoms with Crippen molar-refractivity contribution < 1.29 is 23.9 Å². The first kappa shape index (κ1) is 33.3. The number of halogens is 1. The molecule has 7 rings (SSSR count). The van der Waals surface area contributed by atoms with Crippen LogP contribution in [-0.2, 0) is 22.4 Å². The number of carboxylic acids is 1. The molecule has 1 saturated carbocycles. The van der Waals surface area contributed by atoms with E-state index in [1.54, 1.807) is 24.5 Å². The topological polar surface area (TPSA) is 112 Å². The van der Waals surface area contributed by atoms with E-state index < -0.39 is 17.9 Å². The summed E-state index contributed by atoms with van der Waals surface area (Å²) in [5.41, 5.74) is 5.56. The minimum Gasteiger partial charge on any atom is -0.481 e. The fourth-order valence-corrected chi connectivity index (χ4v) is 7.33. The molecule has 1 saturated heterocycles. The number of aromatic nitrogens is 2. The van der Waals surface area contributed by atoms with Crippen LogP contribution < -0.4 is 5.32 Å². The standard InChI is InChI=1S/C40H37FN4O4S/c1-2-3-24-4-8-26(9-5-24)29-14-15-32(33(41)19-29)30-20-42-37(43-21-30)28-10-6-25(7-11-28)18-34(39(47)45-22-31(23-45)40(48)49)44-38(46)36-17-16-35(50-36)27-12-13-27/h4-11,14-17,19-21,27,31,34H,2-3,12-13,18,22-23H2,1H3,(H,44,46)(H,48,49)/t34-/m0/s1. The molecule has 3 aromatic carbocycles. The zero-order valence-electron chi connectivity index (χ0n) is 27.6. The molecule has 2 aromatic heterocycles. The third-order valence-corrected chi connectivity index (χ3v) is 10.6. The molecule has 10 heteroatoms. The van der Waals surface area contributed by atoms with E-state index in [2.05, 4.69) is 34.3 Å². The van der Waals surface area contributed by atoms with Gasteiger partial charge >= 0.3 is 5.97 Å². The van der Waals surface area contributed by atoms with Crippen LogP contribution in [-0.4, -0.2) is 56.9 Å². The average molecular weight is 689 g/mol. The van der Waals surface area contributed by atoms with Crippen molar-refractivity contribution in [3.8, 4) is 33.6 Å². The van der Waals surface area contributed by atoms with Gasteiger partial charge in [-0.1, -0.05) is 74.0 Å². The van der Waals surface area contributed by atoms with Gasteiger partial charge < -0.3 is 15.3 Å². The number of aryl methyl sites for hydroxylation is 1. The fourth-order valence-electron chi connectivity index (χ4n) is 6.25. The number of rotatable bonds is 12. The molecule has 2 fully saturated rings. The third kappa shape index (κ3) is 7.35. The summed E-state index contributed by atoms with van der Waals surface area (Å²) in [6, 6.07) is 23.7. The highest BCUT2D eigenvalue weighted by Gasteiger charge is 2.39. The lowest BCUT2D eigenvalue weighted by atomic mass is 9.97. The first-order chi connectivity index (χ1) is 24.2. The lowest BCUT2D eigenvalue weighted by molar-refractivity contribution is -0.153. The minimum absolute atomic E-state index is 0.124. The van der Waals surface area contributed by atoms with E-state index >= 15 is 4.39 Å². The van der Waals surface area contributed by atoms with Crippen LogP contribution in [0.2, 0.25) is 0 Å². The summed E-state index contributed by atoms with van der Waals surface area (Å²) in [6.45, 7) is 2.39. The molecular formula is C40H37FN4O4S. The van der Waals surface area contributed by atoms with E-state index in [1.807, 2.05) is 48.5 Å². The van der Waals surface area contributed by atoms with Gasteiger partial charge in [0.15, 0.2) is 5.82 Å². The number of nitrogens with zero attached hydrogens (tertiary/aromatic N) is 3. The molecular weight excluding hydrogens is 652 g/mol. The maximum absolute atomic E-state index is 15.3. The molecule has 2 N–H and O–H groups in total.